The molecule has 0 spiro atoms. The molecule has 4 saturated carbocycles. The Morgan fingerprint density at radius 1 is 0.894 bits per heavy atom. The van der Waals surface area contributed by atoms with Crippen LogP contribution in [0.5, 0.6) is 0 Å². The lowest BCUT2D eigenvalue weighted by atomic mass is 9.33. The van der Waals surface area contributed by atoms with Crippen LogP contribution in [-0.4, -0.2) is 92.1 Å². The Morgan fingerprint density at radius 2 is 1.55 bits per heavy atom. The number of fused-ring (bicyclic) bond motifs is 7. The Hall–Kier alpha value is -1.60. The highest BCUT2D eigenvalue weighted by molar-refractivity contribution is 5.78. The monoisotopic (exact) mass is 663 g/mol. The van der Waals surface area contributed by atoms with Crippen molar-refractivity contribution in [2.75, 3.05) is 6.61 Å². The molecule has 0 unspecified atom stereocenters. The maximum Gasteiger partial charge on any atom is 0.317 e. The van der Waals surface area contributed by atoms with E-state index in [1.165, 1.54) is 5.57 Å². The number of aliphatic hydroxyl groups is 6. The first-order valence-electron chi connectivity index (χ1n) is 17.5. The van der Waals surface area contributed by atoms with Gasteiger partial charge in [-0.2, -0.15) is 0 Å². The Morgan fingerprint density at radius 3 is 2.19 bits per heavy atom. The zero-order valence-electron chi connectivity index (χ0n) is 28.6. The molecule has 6 N–H and O–H groups in total. The average molecular weight is 664 g/mol. The van der Waals surface area contributed by atoms with Gasteiger partial charge in [0.05, 0.1) is 24.2 Å². The lowest BCUT2D eigenvalue weighted by Gasteiger charge is -2.71. The molecule has 0 radical (unpaired) electrons. The molecule has 11 nitrogen and oxygen atoms in total. The average Bonchev–Trinajstić information content (AvgIpc) is 3.00. The summed E-state index contributed by atoms with van der Waals surface area (Å²) >= 11 is 0. The molecule has 1 heterocycles. The third-order valence-electron chi connectivity index (χ3n) is 15.2. The molecule has 5 fully saturated rings. The number of aliphatic hydroxyl groups excluding tert-OH is 6. The second-order valence-electron chi connectivity index (χ2n) is 17.8. The van der Waals surface area contributed by atoms with E-state index in [4.69, 9.17) is 9.47 Å². The number of aliphatic carboxylic acids is 1. The number of allylic oxidation sites excluding steroid dienone is 2. The van der Waals surface area contributed by atoms with Crippen molar-refractivity contribution in [1.29, 1.82) is 0 Å². The van der Waals surface area contributed by atoms with Gasteiger partial charge in [0.2, 0.25) is 6.29 Å². The SMILES string of the molecule is CC1(C)CC[C@]2(C(=O)[O-])CC[C@]3(C)C(=CC[C@@H]4[C@@]5(C)C[C@H](O)[C@H](O)[C@@](C)(C(=O)O[C@@H]6O[C@H](CO)[C@@H](O)[C@H](O)[C@H]6O)[C@@H]5CC[C@]43C)[C@@H]2C1. The second kappa shape index (κ2) is 11.2. The Bertz CT molecular complexity index is 1310. The third kappa shape index (κ3) is 4.69. The van der Waals surface area contributed by atoms with Gasteiger partial charge in [-0.05, 0) is 104 Å². The Labute approximate surface area is 277 Å². The predicted octanol–water partition coefficient (Wildman–Crippen LogP) is 1.19. The van der Waals surface area contributed by atoms with E-state index in [-0.39, 0.29) is 34.5 Å². The quantitative estimate of drug-likeness (QED) is 0.187. The lowest BCUT2D eigenvalue weighted by Crippen LogP contribution is -2.69. The van der Waals surface area contributed by atoms with Crippen molar-refractivity contribution in [1.82, 2.24) is 0 Å². The highest BCUT2D eigenvalue weighted by Crippen LogP contribution is 2.75. The number of rotatable bonds is 4. The van der Waals surface area contributed by atoms with Crippen LogP contribution in [0.2, 0.25) is 0 Å². The summed E-state index contributed by atoms with van der Waals surface area (Å²) in [5, 5.41) is 76.5. The standard InChI is InChI=1S/C36H56O11/c1-31(2)11-13-36(29(43)44)14-12-33(4)18(19(36)15-31)7-8-22-32(3)16-20(38)27(42)35(6,23(32)9-10-34(22,33)5)30(45)47-28-26(41)25(40)24(39)21(17-37)46-28/h7,19-28,37-42H,8-17H2,1-6H3,(H,43,44)/p-1/t19-,20-,21+,22+,23+,24+,25-,26+,27-,28-,32+,33+,34+,35-,36-/m0/s1. The number of esters is 1. The second-order valence-corrected chi connectivity index (χ2v) is 17.8. The van der Waals surface area contributed by atoms with Gasteiger partial charge in [-0.3, -0.25) is 4.79 Å². The molecule has 1 saturated heterocycles. The van der Waals surface area contributed by atoms with Crippen LogP contribution in [0.4, 0.5) is 0 Å². The van der Waals surface area contributed by atoms with Gasteiger partial charge in [-0.15, -0.1) is 0 Å². The van der Waals surface area contributed by atoms with Crippen LogP contribution in [0.25, 0.3) is 0 Å². The zero-order valence-corrected chi connectivity index (χ0v) is 28.6. The molecule has 0 aromatic carbocycles. The van der Waals surface area contributed by atoms with Crippen molar-refractivity contribution in [2.45, 2.75) is 142 Å². The van der Waals surface area contributed by atoms with Crippen molar-refractivity contribution >= 4 is 11.9 Å². The van der Waals surface area contributed by atoms with Crippen LogP contribution in [0.3, 0.4) is 0 Å². The highest BCUT2D eigenvalue weighted by Gasteiger charge is 2.71. The first-order chi connectivity index (χ1) is 21.7. The minimum atomic E-state index is -1.79. The summed E-state index contributed by atoms with van der Waals surface area (Å²) in [6.07, 6.45) is -2.91. The van der Waals surface area contributed by atoms with Crippen LogP contribution in [0.1, 0.15) is 99.3 Å². The smallest absolute Gasteiger partial charge is 0.317 e. The zero-order chi connectivity index (χ0) is 34.7. The summed E-state index contributed by atoms with van der Waals surface area (Å²) in [6.45, 7) is 12.0. The number of carboxylic acid groups (broad SMARTS) is 1. The van der Waals surface area contributed by atoms with E-state index in [9.17, 15) is 45.3 Å². The van der Waals surface area contributed by atoms with E-state index in [2.05, 4.69) is 40.7 Å². The lowest BCUT2D eigenvalue weighted by molar-refractivity contribution is -0.327. The number of hydrogen-bond acceptors (Lipinski definition) is 11. The van der Waals surface area contributed by atoms with Gasteiger partial charge in [-0.25, -0.2) is 0 Å². The molecule has 0 aromatic rings. The maximum atomic E-state index is 14.2. The fraction of sp³-hybridized carbons (Fsp3) is 0.889. The molecular formula is C36H55O11-. The number of carboxylic acids is 1. The van der Waals surface area contributed by atoms with E-state index in [1.807, 2.05) is 0 Å². The first kappa shape index (κ1) is 35.2. The molecule has 0 bridgehead atoms. The number of hydrogen-bond donors (Lipinski definition) is 6. The molecule has 11 heteroatoms. The van der Waals surface area contributed by atoms with Gasteiger partial charge >= 0.3 is 5.97 Å². The minimum absolute atomic E-state index is 0.00362. The van der Waals surface area contributed by atoms with Gasteiger partial charge in [0.25, 0.3) is 0 Å². The molecule has 5 aliphatic carbocycles. The topological polar surface area (TPSA) is 197 Å². The normalized spacial score (nSPS) is 53.7. The first-order valence-corrected chi connectivity index (χ1v) is 17.5. The van der Waals surface area contributed by atoms with Crippen molar-refractivity contribution in [3.63, 3.8) is 0 Å². The summed E-state index contributed by atoms with van der Waals surface area (Å²) < 4.78 is 11.1. The van der Waals surface area contributed by atoms with Crippen LogP contribution >= 0.6 is 0 Å². The van der Waals surface area contributed by atoms with Crippen molar-refractivity contribution in [2.24, 2.45) is 50.2 Å². The van der Waals surface area contributed by atoms with Gasteiger partial charge in [-0.1, -0.05) is 46.3 Å². The molecule has 266 valence electrons. The molecule has 6 rings (SSSR count). The van der Waals surface area contributed by atoms with Gasteiger partial charge in [0.1, 0.15) is 24.4 Å². The van der Waals surface area contributed by atoms with Crippen molar-refractivity contribution < 1.29 is 54.8 Å². The molecule has 47 heavy (non-hydrogen) atoms. The summed E-state index contributed by atoms with van der Waals surface area (Å²) in [7, 11) is 0. The Kier molecular flexibility index (Phi) is 8.40. The van der Waals surface area contributed by atoms with Crippen LogP contribution < -0.4 is 5.11 Å². The summed E-state index contributed by atoms with van der Waals surface area (Å²) in [5.41, 5.74) is -2.47. The third-order valence-corrected chi connectivity index (χ3v) is 15.2. The predicted molar refractivity (Wildman–Crippen MR) is 166 cm³/mol. The molecule has 1 aliphatic heterocycles. The maximum absolute atomic E-state index is 14.2. The van der Waals surface area contributed by atoms with Crippen molar-refractivity contribution in [3.8, 4) is 0 Å². The van der Waals surface area contributed by atoms with Gasteiger partial charge in [0.15, 0.2) is 0 Å². The largest absolute Gasteiger partial charge is 0.550 e. The van der Waals surface area contributed by atoms with E-state index < -0.39 is 83.6 Å². The minimum Gasteiger partial charge on any atom is -0.550 e. The summed E-state index contributed by atoms with van der Waals surface area (Å²) in [6, 6.07) is 0. The van der Waals surface area contributed by atoms with E-state index in [1.54, 1.807) is 6.92 Å². The molecule has 0 amide bonds. The molecule has 0 aromatic heterocycles. The van der Waals surface area contributed by atoms with E-state index >= 15 is 0 Å². The molecular weight excluding hydrogens is 608 g/mol. The van der Waals surface area contributed by atoms with Crippen molar-refractivity contribution in [3.05, 3.63) is 11.6 Å². The number of carbonyl (C=O) groups is 2. The number of carbonyl (C=O) groups excluding carboxylic acids is 2. The van der Waals surface area contributed by atoms with Gasteiger partial charge < -0.3 is 50.0 Å². The van der Waals surface area contributed by atoms with Crippen LogP contribution in [0, 0.1) is 50.2 Å². The molecule has 15 atom stereocenters. The fourth-order valence-corrected chi connectivity index (χ4v) is 12.1. The highest BCUT2D eigenvalue weighted by atomic mass is 16.7. The van der Waals surface area contributed by atoms with E-state index in [0.29, 0.717) is 38.5 Å². The van der Waals surface area contributed by atoms with Crippen LogP contribution in [-0.2, 0) is 19.1 Å². The summed E-state index contributed by atoms with van der Waals surface area (Å²) in [4.78, 5) is 27.0. The number of ether oxygens (including phenoxy) is 2. The fourth-order valence-electron chi connectivity index (χ4n) is 12.1. The Balaban J connectivity index is 1.35. The summed E-state index contributed by atoms with van der Waals surface area (Å²) in [5.74, 6) is -2.39. The molecule has 6 aliphatic rings. The van der Waals surface area contributed by atoms with Crippen LogP contribution in [0.15, 0.2) is 11.6 Å². The van der Waals surface area contributed by atoms with Gasteiger partial charge in [0, 0.05) is 11.4 Å². The van der Waals surface area contributed by atoms with E-state index in [0.717, 1.165) is 12.8 Å².